The number of thiocarbonyl (C=S) groups is 1. The SMILES string of the molecule is O=C(O)c1cccc(-c2ccc([C@@H]3[C@H](c4ccccn4)NC(=S)N3CCCN3CCOCC3)o2)c1. The van der Waals surface area contributed by atoms with Crippen molar-refractivity contribution >= 4 is 23.3 Å². The fraction of sp³-hybridized carbons (Fsp3) is 0.346. The molecule has 2 fully saturated rings. The van der Waals surface area contributed by atoms with Crippen LogP contribution in [0.1, 0.15) is 40.3 Å². The van der Waals surface area contributed by atoms with Gasteiger partial charge in [0.2, 0.25) is 0 Å². The van der Waals surface area contributed by atoms with Gasteiger partial charge in [0, 0.05) is 37.9 Å². The Bertz CT molecular complexity index is 1180. The van der Waals surface area contributed by atoms with Crippen LogP contribution in [-0.4, -0.2) is 70.4 Å². The minimum absolute atomic E-state index is 0.156. The zero-order valence-electron chi connectivity index (χ0n) is 19.3. The molecule has 0 saturated carbocycles. The van der Waals surface area contributed by atoms with Crippen molar-refractivity contribution in [3.8, 4) is 11.3 Å². The number of furan rings is 1. The van der Waals surface area contributed by atoms with E-state index in [1.807, 2.05) is 36.4 Å². The maximum atomic E-state index is 11.4. The van der Waals surface area contributed by atoms with Gasteiger partial charge in [-0.25, -0.2) is 4.79 Å². The van der Waals surface area contributed by atoms with Crippen LogP contribution in [0.15, 0.2) is 65.2 Å². The van der Waals surface area contributed by atoms with Gasteiger partial charge < -0.3 is 24.5 Å². The number of ether oxygens (including phenoxy) is 1. The first-order valence-electron chi connectivity index (χ1n) is 11.8. The molecule has 2 N–H and O–H groups in total. The van der Waals surface area contributed by atoms with Gasteiger partial charge >= 0.3 is 5.97 Å². The lowest BCUT2D eigenvalue weighted by molar-refractivity contribution is 0.0365. The third kappa shape index (κ3) is 5.22. The van der Waals surface area contributed by atoms with E-state index in [0.29, 0.717) is 10.9 Å². The molecule has 182 valence electrons. The lowest BCUT2D eigenvalue weighted by Crippen LogP contribution is -2.38. The van der Waals surface area contributed by atoms with Crippen molar-refractivity contribution in [1.82, 2.24) is 20.1 Å². The normalized spacial score (nSPS) is 20.7. The monoisotopic (exact) mass is 492 g/mol. The van der Waals surface area contributed by atoms with Crippen molar-refractivity contribution in [2.45, 2.75) is 18.5 Å². The molecule has 0 amide bonds. The van der Waals surface area contributed by atoms with Crippen molar-refractivity contribution in [3.63, 3.8) is 0 Å². The number of carboxylic acid groups (broad SMARTS) is 1. The van der Waals surface area contributed by atoms with E-state index in [4.69, 9.17) is 21.4 Å². The molecule has 2 aliphatic heterocycles. The van der Waals surface area contributed by atoms with Gasteiger partial charge in [0.15, 0.2) is 5.11 Å². The van der Waals surface area contributed by atoms with Gasteiger partial charge in [-0.2, -0.15) is 0 Å². The summed E-state index contributed by atoms with van der Waals surface area (Å²) in [6, 6.07) is 16.1. The van der Waals surface area contributed by atoms with Crippen molar-refractivity contribution < 1.29 is 19.1 Å². The zero-order chi connectivity index (χ0) is 24.2. The van der Waals surface area contributed by atoms with E-state index in [1.54, 1.807) is 24.4 Å². The Morgan fingerprint density at radius 3 is 2.74 bits per heavy atom. The molecule has 35 heavy (non-hydrogen) atoms. The molecule has 5 rings (SSSR count). The number of pyridine rings is 1. The molecule has 0 spiro atoms. The maximum absolute atomic E-state index is 11.4. The smallest absolute Gasteiger partial charge is 0.335 e. The molecule has 4 heterocycles. The average molecular weight is 493 g/mol. The number of rotatable bonds is 8. The topological polar surface area (TPSA) is 91.1 Å². The Labute approximate surface area is 209 Å². The number of benzene rings is 1. The summed E-state index contributed by atoms with van der Waals surface area (Å²) >= 11 is 5.76. The molecule has 9 heteroatoms. The highest BCUT2D eigenvalue weighted by atomic mass is 32.1. The zero-order valence-corrected chi connectivity index (χ0v) is 20.1. The minimum Gasteiger partial charge on any atom is -0.478 e. The predicted molar refractivity (Wildman–Crippen MR) is 135 cm³/mol. The van der Waals surface area contributed by atoms with E-state index < -0.39 is 5.97 Å². The van der Waals surface area contributed by atoms with Crippen LogP contribution < -0.4 is 5.32 Å². The van der Waals surface area contributed by atoms with Crippen LogP contribution in [0.2, 0.25) is 0 Å². The molecule has 2 aliphatic rings. The second-order valence-electron chi connectivity index (χ2n) is 8.72. The molecule has 2 aromatic heterocycles. The van der Waals surface area contributed by atoms with Crippen LogP contribution in [0.5, 0.6) is 0 Å². The summed E-state index contributed by atoms with van der Waals surface area (Å²) in [5, 5.41) is 13.5. The third-order valence-electron chi connectivity index (χ3n) is 6.49. The Morgan fingerprint density at radius 2 is 1.97 bits per heavy atom. The molecule has 2 saturated heterocycles. The number of carboxylic acids is 1. The molecular weight excluding hydrogens is 464 g/mol. The van der Waals surface area contributed by atoms with E-state index in [9.17, 15) is 9.90 Å². The molecule has 0 bridgehead atoms. The summed E-state index contributed by atoms with van der Waals surface area (Å²) in [6.07, 6.45) is 2.74. The number of morpholine rings is 1. The molecule has 0 unspecified atom stereocenters. The quantitative estimate of drug-likeness (QED) is 0.456. The third-order valence-corrected chi connectivity index (χ3v) is 6.84. The van der Waals surface area contributed by atoms with Gasteiger partial charge in [-0.05, 0) is 55.0 Å². The standard InChI is InChI=1S/C26H28N4O4S/c31-25(32)19-6-3-5-18(17-19)21-8-9-22(34-21)24-23(20-7-1-2-10-27-20)28-26(35)30(24)12-4-11-29-13-15-33-16-14-29/h1-3,5-10,17,23-24H,4,11-16H2,(H,28,35)(H,31,32)/t23-,24+/m0/s1. The number of hydrogen-bond acceptors (Lipinski definition) is 6. The predicted octanol–water partition coefficient (Wildman–Crippen LogP) is 3.73. The number of nitrogens with one attached hydrogen (secondary N) is 1. The van der Waals surface area contributed by atoms with E-state index in [2.05, 4.69) is 20.1 Å². The molecule has 1 aromatic carbocycles. The molecule has 2 atom stereocenters. The van der Waals surface area contributed by atoms with Gasteiger partial charge in [-0.1, -0.05) is 18.2 Å². The highest BCUT2D eigenvalue weighted by Gasteiger charge is 2.41. The van der Waals surface area contributed by atoms with Crippen LogP contribution >= 0.6 is 12.2 Å². The summed E-state index contributed by atoms with van der Waals surface area (Å²) in [6.45, 7) is 5.24. The molecular formula is C26H28N4O4S. The van der Waals surface area contributed by atoms with Crippen LogP contribution in [0.25, 0.3) is 11.3 Å². The van der Waals surface area contributed by atoms with Crippen LogP contribution in [0, 0.1) is 0 Å². The summed E-state index contributed by atoms with van der Waals surface area (Å²) in [5.74, 6) is 0.412. The number of nitrogens with zero attached hydrogens (tertiary/aromatic N) is 3. The Morgan fingerprint density at radius 1 is 1.11 bits per heavy atom. The van der Waals surface area contributed by atoms with Gasteiger partial charge in [-0.3, -0.25) is 9.88 Å². The van der Waals surface area contributed by atoms with Crippen molar-refractivity contribution in [2.24, 2.45) is 0 Å². The first-order chi connectivity index (χ1) is 17.1. The van der Waals surface area contributed by atoms with Gasteiger partial charge in [0.05, 0.1) is 30.5 Å². The lowest BCUT2D eigenvalue weighted by atomic mass is 10.0. The van der Waals surface area contributed by atoms with Crippen molar-refractivity contribution in [2.75, 3.05) is 39.4 Å². The minimum atomic E-state index is -0.967. The second kappa shape index (κ2) is 10.6. The number of aromatic carboxylic acids is 1. The largest absolute Gasteiger partial charge is 0.478 e. The second-order valence-corrected chi connectivity index (χ2v) is 9.10. The van der Waals surface area contributed by atoms with Crippen molar-refractivity contribution in [3.05, 3.63) is 77.8 Å². The Hall–Kier alpha value is -3.27. The molecule has 0 aliphatic carbocycles. The van der Waals surface area contributed by atoms with Crippen LogP contribution in [0.3, 0.4) is 0 Å². The molecule has 3 aromatic rings. The fourth-order valence-electron chi connectivity index (χ4n) is 4.72. The number of aromatic nitrogens is 1. The van der Waals surface area contributed by atoms with E-state index in [-0.39, 0.29) is 17.6 Å². The van der Waals surface area contributed by atoms with Crippen molar-refractivity contribution in [1.29, 1.82) is 0 Å². The van der Waals surface area contributed by atoms with Gasteiger partial charge in [-0.15, -0.1) is 0 Å². The highest BCUT2D eigenvalue weighted by Crippen LogP contribution is 2.40. The summed E-state index contributed by atoms with van der Waals surface area (Å²) < 4.78 is 11.8. The highest BCUT2D eigenvalue weighted by molar-refractivity contribution is 7.80. The lowest BCUT2D eigenvalue weighted by Gasteiger charge is -2.29. The van der Waals surface area contributed by atoms with Gasteiger partial charge in [0.25, 0.3) is 0 Å². The Kier molecular flexibility index (Phi) is 7.08. The number of hydrogen-bond donors (Lipinski definition) is 2. The van der Waals surface area contributed by atoms with E-state index in [1.165, 1.54) is 0 Å². The summed E-state index contributed by atoms with van der Waals surface area (Å²) in [5.41, 5.74) is 1.83. The first-order valence-corrected chi connectivity index (χ1v) is 12.2. The average Bonchev–Trinajstić information content (AvgIpc) is 3.50. The van der Waals surface area contributed by atoms with E-state index >= 15 is 0 Å². The summed E-state index contributed by atoms with van der Waals surface area (Å²) in [7, 11) is 0. The summed E-state index contributed by atoms with van der Waals surface area (Å²) in [4.78, 5) is 20.6. The van der Waals surface area contributed by atoms with E-state index in [0.717, 1.165) is 62.8 Å². The fourth-order valence-corrected chi connectivity index (χ4v) is 5.05. The molecule has 0 radical (unpaired) electrons. The molecule has 8 nitrogen and oxygen atoms in total. The number of carbonyl (C=O) groups is 1. The van der Waals surface area contributed by atoms with Crippen LogP contribution in [-0.2, 0) is 4.74 Å². The van der Waals surface area contributed by atoms with Gasteiger partial charge in [0.1, 0.15) is 17.6 Å². The maximum Gasteiger partial charge on any atom is 0.335 e. The first kappa shape index (κ1) is 23.5. The van der Waals surface area contributed by atoms with Crippen LogP contribution in [0.4, 0.5) is 0 Å². The Balaban J connectivity index is 1.40.